The van der Waals surface area contributed by atoms with Gasteiger partial charge in [-0.2, -0.15) is 0 Å². The number of hydrogen-bond acceptors (Lipinski definition) is 4. The number of carbonyl (C=O) groups excluding carboxylic acids is 1. The molecule has 1 aliphatic rings. The lowest BCUT2D eigenvalue weighted by Crippen LogP contribution is -2.43. The number of carbonyl (C=O) groups is 1. The van der Waals surface area contributed by atoms with Crippen molar-refractivity contribution in [3.63, 3.8) is 0 Å². The van der Waals surface area contributed by atoms with Crippen LogP contribution in [0.15, 0.2) is 4.52 Å². The summed E-state index contributed by atoms with van der Waals surface area (Å²) >= 11 is 0. The Balaban J connectivity index is 1.83. The van der Waals surface area contributed by atoms with Crippen LogP contribution < -0.4 is 5.32 Å². The number of aromatic nitrogens is 1. The minimum absolute atomic E-state index is 0.0660. The van der Waals surface area contributed by atoms with Gasteiger partial charge in [0.15, 0.2) is 0 Å². The van der Waals surface area contributed by atoms with E-state index in [0.717, 1.165) is 37.2 Å². The van der Waals surface area contributed by atoms with E-state index in [1.165, 1.54) is 6.42 Å². The van der Waals surface area contributed by atoms with E-state index >= 15 is 0 Å². The highest BCUT2D eigenvalue weighted by atomic mass is 16.5. The standard InChI is InChI=1S/C16H27N3O2/c1-5-14-15(13(4)21-18-14)16(20)17-6-7-19-9-11(2)8-12(3)10-19/h11-12H,5-10H2,1-4H3,(H,17,20). The molecule has 0 aliphatic carbocycles. The molecule has 0 spiro atoms. The van der Waals surface area contributed by atoms with Crippen molar-refractivity contribution in [2.45, 2.75) is 40.5 Å². The number of amides is 1. The maximum atomic E-state index is 12.2. The molecule has 2 atom stereocenters. The molecule has 1 saturated heterocycles. The van der Waals surface area contributed by atoms with E-state index in [9.17, 15) is 4.79 Å². The Bertz CT molecular complexity index is 474. The number of hydrogen-bond donors (Lipinski definition) is 1. The second-order valence-corrected chi connectivity index (χ2v) is 6.38. The van der Waals surface area contributed by atoms with Crippen LogP contribution in [0.1, 0.15) is 49.0 Å². The molecular weight excluding hydrogens is 266 g/mol. The molecular formula is C16H27N3O2. The maximum Gasteiger partial charge on any atom is 0.256 e. The van der Waals surface area contributed by atoms with E-state index in [2.05, 4.69) is 29.2 Å². The lowest BCUT2D eigenvalue weighted by Gasteiger charge is -2.34. The molecule has 118 valence electrons. The third kappa shape index (κ3) is 4.06. The summed E-state index contributed by atoms with van der Waals surface area (Å²) in [5.41, 5.74) is 1.35. The molecule has 21 heavy (non-hydrogen) atoms. The molecule has 5 heteroatoms. The Kier molecular flexibility index (Phi) is 5.39. The number of piperidine rings is 1. The average Bonchev–Trinajstić information content (AvgIpc) is 2.78. The molecule has 0 saturated carbocycles. The second kappa shape index (κ2) is 7.07. The van der Waals surface area contributed by atoms with Crippen LogP contribution in [0.3, 0.4) is 0 Å². The fourth-order valence-corrected chi connectivity index (χ4v) is 3.34. The summed E-state index contributed by atoms with van der Waals surface area (Å²) in [6, 6.07) is 0. The average molecular weight is 293 g/mol. The molecule has 0 aromatic carbocycles. The van der Waals surface area contributed by atoms with Crippen molar-refractivity contribution in [1.29, 1.82) is 0 Å². The molecule has 0 radical (unpaired) electrons. The predicted molar refractivity (Wildman–Crippen MR) is 82.3 cm³/mol. The van der Waals surface area contributed by atoms with Crippen LogP contribution in [0, 0.1) is 18.8 Å². The summed E-state index contributed by atoms with van der Waals surface area (Å²) in [6.07, 6.45) is 2.02. The zero-order chi connectivity index (χ0) is 15.4. The Hall–Kier alpha value is -1.36. The van der Waals surface area contributed by atoms with E-state index in [-0.39, 0.29) is 5.91 Å². The van der Waals surface area contributed by atoms with E-state index in [1.54, 1.807) is 6.92 Å². The summed E-state index contributed by atoms with van der Waals surface area (Å²) in [6.45, 7) is 12.2. The van der Waals surface area contributed by atoms with Gasteiger partial charge in [0.05, 0.1) is 5.69 Å². The minimum Gasteiger partial charge on any atom is -0.361 e. The molecule has 1 aromatic heterocycles. The van der Waals surface area contributed by atoms with Gasteiger partial charge in [-0.15, -0.1) is 0 Å². The zero-order valence-electron chi connectivity index (χ0n) is 13.6. The van der Waals surface area contributed by atoms with Crippen LogP contribution in [0.2, 0.25) is 0 Å². The van der Waals surface area contributed by atoms with Crippen LogP contribution in [0.25, 0.3) is 0 Å². The second-order valence-electron chi connectivity index (χ2n) is 6.38. The predicted octanol–water partition coefficient (Wildman–Crippen LogP) is 2.25. The third-order valence-corrected chi connectivity index (χ3v) is 4.15. The molecule has 1 aliphatic heterocycles. The number of aryl methyl sites for hydroxylation is 2. The highest BCUT2D eigenvalue weighted by molar-refractivity contribution is 5.96. The summed E-state index contributed by atoms with van der Waals surface area (Å²) < 4.78 is 5.11. The summed E-state index contributed by atoms with van der Waals surface area (Å²) in [5.74, 6) is 2.03. The minimum atomic E-state index is -0.0660. The van der Waals surface area contributed by atoms with Crippen molar-refractivity contribution < 1.29 is 9.32 Å². The maximum absolute atomic E-state index is 12.2. The fraction of sp³-hybridized carbons (Fsp3) is 0.750. The third-order valence-electron chi connectivity index (χ3n) is 4.15. The molecule has 1 aromatic rings. The summed E-state index contributed by atoms with van der Waals surface area (Å²) in [5, 5.41) is 6.92. The highest BCUT2D eigenvalue weighted by Crippen LogP contribution is 2.20. The van der Waals surface area contributed by atoms with Crippen molar-refractivity contribution in [2.24, 2.45) is 11.8 Å². The van der Waals surface area contributed by atoms with Gasteiger partial charge in [-0.1, -0.05) is 25.9 Å². The van der Waals surface area contributed by atoms with Crippen LogP contribution in [-0.2, 0) is 6.42 Å². The van der Waals surface area contributed by atoms with Crippen molar-refractivity contribution in [1.82, 2.24) is 15.4 Å². The van der Waals surface area contributed by atoms with Crippen LogP contribution in [0.5, 0.6) is 0 Å². The first-order chi connectivity index (χ1) is 10.0. The quantitative estimate of drug-likeness (QED) is 0.904. The van der Waals surface area contributed by atoms with Crippen LogP contribution in [0.4, 0.5) is 0 Å². The SMILES string of the molecule is CCc1noc(C)c1C(=O)NCCN1CC(C)CC(C)C1. The van der Waals surface area contributed by atoms with E-state index in [0.29, 0.717) is 24.3 Å². The smallest absolute Gasteiger partial charge is 0.256 e. The monoisotopic (exact) mass is 293 g/mol. The molecule has 2 heterocycles. The fourth-order valence-electron chi connectivity index (χ4n) is 3.34. The van der Waals surface area contributed by atoms with E-state index in [1.807, 2.05) is 6.92 Å². The van der Waals surface area contributed by atoms with Gasteiger partial charge in [-0.25, -0.2) is 0 Å². The Morgan fingerprint density at radius 2 is 2.05 bits per heavy atom. The molecule has 1 N–H and O–H groups in total. The largest absolute Gasteiger partial charge is 0.361 e. The van der Waals surface area contributed by atoms with Crippen molar-refractivity contribution >= 4 is 5.91 Å². The normalized spacial score (nSPS) is 23.2. The molecule has 1 amide bonds. The molecule has 0 bridgehead atoms. The number of rotatable bonds is 5. The van der Waals surface area contributed by atoms with Crippen LogP contribution >= 0.6 is 0 Å². The first-order valence-corrected chi connectivity index (χ1v) is 7.97. The van der Waals surface area contributed by atoms with Gasteiger partial charge in [-0.3, -0.25) is 4.79 Å². The van der Waals surface area contributed by atoms with E-state index in [4.69, 9.17) is 4.52 Å². The van der Waals surface area contributed by atoms with Gasteiger partial charge in [0.25, 0.3) is 5.91 Å². The molecule has 5 nitrogen and oxygen atoms in total. The van der Waals surface area contributed by atoms with Gasteiger partial charge in [0.2, 0.25) is 0 Å². The Morgan fingerprint density at radius 3 is 2.67 bits per heavy atom. The summed E-state index contributed by atoms with van der Waals surface area (Å²) in [7, 11) is 0. The first kappa shape index (κ1) is 16.0. The summed E-state index contributed by atoms with van der Waals surface area (Å²) in [4.78, 5) is 14.7. The molecule has 2 rings (SSSR count). The lowest BCUT2D eigenvalue weighted by molar-refractivity contribution is 0.0934. The lowest BCUT2D eigenvalue weighted by atomic mass is 9.92. The van der Waals surface area contributed by atoms with Crippen molar-refractivity contribution in [3.8, 4) is 0 Å². The van der Waals surface area contributed by atoms with Crippen LogP contribution in [-0.4, -0.2) is 42.1 Å². The Labute approximate surface area is 127 Å². The first-order valence-electron chi connectivity index (χ1n) is 7.97. The highest BCUT2D eigenvalue weighted by Gasteiger charge is 2.22. The van der Waals surface area contributed by atoms with Gasteiger partial charge >= 0.3 is 0 Å². The van der Waals surface area contributed by atoms with Gasteiger partial charge in [-0.05, 0) is 31.6 Å². The molecule has 2 unspecified atom stereocenters. The van der Waals surface area contributed by atoms with E-state index < -0.39 is 0 Å². The van der Waals surface area contributed by atoms with Gasteiger partial charge in [0.1, 0.15) is 11.3 Å². The van der Waals surface area contributed by atoms with Crippen molar-refractivity contribution in [3.05, 3.63) is 17.0 Å². The number of nitrogens with one attached hydrogen (secondary N) is 1. The Morgan fingerprint density at radius 1 is 1.38 bits per heavy atom. The molecule has 1 fully saturated rings. The van der Waals surface area contributed by atoms with Crippen molar-refractivity contribution in [2.75, 3.05) is 26.2 Å². The number of nitrogens with zero attached hydrogens (tertiary/aromatic N) is 2. The van der Waals surface area contributed by atoms with Gasteiger partial charge < -0.3 is 14.7 Å². The van der Waals surface area contributed by atoms with Gasteiger partial charge in [0, 0.05) is 26.2 Å². The topological polar surface area (TPSA) is 58.4 Å². The number of likely N-dealkylation sites (tertiary alicyclic amines) is 1. The zero-order valence-corrected chi connectivity index (χ0v) is 13.6.